The van der Waals surface area contributed by atoms with Gasteiger partial charge in [-0.1, -0.05) is 29.8 Å². The normalized spacial score (nSPS) is 18.4. The number of nitrogens with one attached hydrogen (secondary N) is 2. The Balaban J connectivity index is 1.78. The van der Waals surface area contributed by atoms with Gasteiger partial charge in [-0.25, -0.2) is 4.98 Å². The van der Waals surface area contributed by atoms with Gasteiger partial charge in [0.1, 0.15) is 0 Å². The molecule has 1 aliphatic heterocycles. The minimum atomic E-state index is -0.173. The Morgan fingerprint density at radius 3 is 2.90 bits per heavy atom. The van der Waals surface area contributed by atoms with Crippen molar-refractivity contribution in [1.82, 2.24) is 15.6 Å². The van der Waals surface area contributed by atoms with E-state index in [2.05, 4.69) is 15.6 Å². The number of oxazole rings is 1. The van der Waals surface area contributed by atoms with Crippen LogP contribution in [0, 0.1) is 6.92 Å². The van der Waals surface area contributed by atoms with E-state index in [1.165, 1.54) is 6.39 Å². The summed E-state index contributed by atoms with van der Waals surface area (Å²) in [5.74, 6) is 0.351. The molecule has 0 bridgehead atoms. The van der Waals surface area contributed by atoms with Gasteiger partial charge in [-0.3, -0.25) is 4.79 Å². The van der Waals surface area contributed by atoms with Crippen LogP contribution in [0.4, 0.5) is 0 Å². The Hall–Kier alpha value is -2.14. The van der Waals surface area contributed by atoms with Gasteiger partial charge in [-0.05, 0) is 26.3 Å². The van der Waals surface area contributed by atoms with Crippen LogP contribution in [0.1, 0.15) is 28.9 Å². The molecule has 0 saturated carbocycles. The average molecular weight is 285 g/mol. The number of carbonyl (C=O) groups is 1. The molecule has 0 radical (unpaired) electrons. The standard InChI is InChI=1S/C16H19N3O2/c1-11-4-6-12(7-5-11)15-14(18-10-21-15)16(20)19-13-3-2-8-17-9-13/h4-7,10,13,17H,2-3,8-9H2,1H3,(H,19,20). The van der Waals surface area contributed by atoms with Crippen molar-refractivity contribution in [3.63, 3.8) is 0 Å². The summed E-state index contributed by atoms with van der Waals surface area (Å²) < 4.78 is 5.41. The molecular formula is C16H19N3O2. The first-order chi connectivity index (χ1) is 10.2. The predicted octanol–water partition coefficient (Wildman–Crippen LogP) is 2.13. The SMILES string of the molecule is Cc1ccc(-c2ocnc2C(=O)NC2CCCNC2)cc1. The molecule has 0 spiro atoms. The summed E-state index contributed by atoms with van der Waals surface area (Å²) in [7, 11) is 0. The second-order valence-corrected chi connectivity index (χ2v) is 5.41. The fourth-order valence-corrected chi connectivity index (χ4v) is 2.55. The molecule has 1 unspecified atom stereocenters. The van der Waals surface area contributed by atoms with Crippen molar-refractivity contribution in [2.24, 2.45) is 0 Å². The van der Waals surface area contributed by atoms with Crippen LogP contribution in [0.15, 0.2) is 35.1 Å². The molecule has 2 aromatic rings. The summed E-state index contributed by atoms with van der Waals surface area (Å²) in [6.45, 7) is 3.85. The van der Waals surface area contributed by atoms with Crippen LogP contribution in [-0.2, 0) is 0 Å². The maximum absolute atomic E-state index is 12.4. The van der Waals surface area contributed by atoms with Gasteiger partial charge in [0.15, 0.2) is 17.8 Å². The summed E-state index contributed by atoms with van der Waals surface area (Å²) in [5.41, 5.74) is 2.38. The van der Waals surface area contributed by atoms with E-state index in [4.69, 9.17) is 4.42 Å². The number of nitrogens with zero attached hydrogens (tertiary/aromatic N) is 1. The highest BCUT2D eigenvalue weighted by Crippen LogP contribution is 2.23. The van der Waals surface area contributed by atoms with Crippen LogP contribution in [0.2, 0.25) is 0 Å². The highest BCUT2D eigenvalue weighted by atomic mass is 16.3. The van der Waals surface area contributed by atoms with Gasteiger partial charge >= 0.3 is 0 Å². The smallest absolute Gasteiger partial charge is 0.274 e. The first-order valence-electron chi connectivity index (χ1n) is 7.26. The van der Waals surface area contributed by atoms with Crippen molar-refractivity contribution >= 4 is 5.91 Å². The van der Waals surface area contributed by atoms with Crippen LogP contribution in [0.3, 0.4) is 0 Å². The molecule has 1 aromatic heterocycles. The maximum Gasteiger partial charge on any atom is 0.274 e. The first kappa shape index (κ1) is 13.8. The van der Waals surface area contributed by atoms with E-state index < -0.39 is 0 Å². The van der Waals surface area contributed by atoms with E-state index in [1.807, 2.05) is 31.2 Å². The van der Waals surface area contributed by atoms with E-state index >= 15 is 0 Å². The lowest BCUT2D eigenvalue weighted by atomic mass is 10.1. The summed E-state index contributed by atoms with van der Waals surface area (Å²) in [6.07, 6.45) is 3.40. The van der Waals surface area contributed by atoms with Gasteiger partial charge in [0.25, 0.3) is 5.91 Å². The molecule has 1 fully saturated rings. The van der Waals surface area contributed by atoms with Gasteiger partial charge < -0.3 is 15.1 Å². The molecule has 1 saturated heterocycles. The van der Waals surface area contributed by atoms with Gasteiger partial charge in [0.05, 0.1) is 0 Å². The topological polar surface area (TPSA) is 67.2 Å². The highest BCUT2D eigenvalue weighted by Gasteiger charge is 2.22. The quantitative estimate of drug-likeness (QED) is 0.906. The lowest BCUT2D eigenvalue weighted by molar-refractivity contribution is 0.0926. The van der Waals surface area contributed by atoms with Gasteiger partial charge in [-0.15, -0.1) is 0 Å². The van der Waals surface area contributed by atoms with Crippen molar-refractivity contribution in [2.75, 3.05) is 13.1 Å². The summed E-state index contributed by atoms with van der Waals surface area (Å²) in [4.78, 5) is 16.5. The molecule has 1 aliphatic rings. The van der Waals surface area contributed by atoms with Gasteiger partial charge in [-0.2, -0.15) is 0 Å². The number of aromatic nitrogens is 1. The lowest BCUT2D eigenvalue weighted by Gasteiger charge is -2.23. The van der Waals surface area contributed by atoms with Crippen LogP contribution in [0.25, 0.3) is 11.3 Å². The van der Waals surface area contributed by atoms with Gasteiger partial charge in [0.2, 0.25) is 0 Å². The van der Waals surface area contributed by atoms with Crippen LogP contribution in [-0.4, -0.2) is 30.0 Å². The molecule has 0 aliphatic carbocycles. The fraction of sp³-hybridized carbons (Fsp3) is 0.375. The van der Waals surface area contributed by atoms with Crippen molar-refractivity contribution in [2.45, 2.75) is 25.8 Å². The van der Waals surface area contributed by atoms with E-state index in [0.717, 1.165) is 37.1 Å². The molecule has 5 nitrogen and oxygen atoms in total. The van der Waals surface area contributed by atoms with Crippen LogP contribution >= 0.6 is 0 Å². The predicted molar refractivity (Wildman–Crippen MR) is 80.0 cm³/mol. The Morgan fingerprint density at radius 1 is 1.38 bits per heavy atom. The molecule has 110 valence electrons. The Morgan fingerprint density at radius 2 is 2.19 bits per heavy atom. The lowest BCUT2D eigenvalue weighted by Crippen LogP contribution is -2.45. The molecule has 3 rings (SSSR count). The summed E-state index contributed by atoms with van der Waals surface area (Å²) in [6, 6.07) is 8.02. The number of rotatable bonds is 3. The summed E-state index contributed by atoms with van der Waals surface area (Å²) in [5, 5.41) is 6.30. The van der Waals surface area contributed by atoms with E-state index in [0.29, 0.717) is 11.5 Å². The number of benzene rings is 1. The second-order valence-electron chi connectivity index (χ2n) is 5.41. The molecule has 2 heterocycles. The van der Waals surface area contributed by atoms with Crippen molar-refractivity contribution in [3.05, 3.63) is 41.9 Å². The second kappa shape index (κ2) is 6.10. The zero-order valence-corrected chi connectivity index (χ0v) is 12.1. The number of hydrogen-bond acceptors (Lipinski definition) is 4. The van der Waals surface area contributed by atoms with E-state index in [-0.39, 0.29) is 11.9 Å². The molecular weight excluding hydrogens is 266 g/mol. The first-order valence-corrected chi connectivity index (χ1v) is 7.26. The van der Waals surface area contributed by atoms with Crippen molar-refractivity contribution in [1.29, 1.82) is 0 Å². The third-order valence-electron chi connectivity index (χ3n) is 3.73. The number of piperidine rings is 1. The van der Waals surface area contributed by atoms with Crippen molar-refractivity contribution < 1.29 is 9.21 Å². The molecule has 21 heavy (non-hydrogen) atoms. The Bertz CT molecular complexity index is 613. The van der Waals surface area contributed by atoms with E-state index in [1.54, 1.807) is 0 Å². The molecule has 1 amide bonds. The zero-order chi connectivity index (χ0) is 14.7. The highest BCUT2D eigenvalue weighted by molar-refractivity contribution is 5.97. The molecule has 1 atom stereocenters. The molecule has 2 N–H and O–H groups in total. The fourth-order valence-electron chi connectivity index (χ4n) is 2.55. The van der Waals surface area contributed by atoms with Gasteiger partial charge in [0, 0.05) is 18.2 Å². The average Bonchev–Trinajstić information content (AvgIpc) is 2.98. The zero-order valence-electron chi connectivity index (χ0n) is 12.1. The van der Waals surface area contributed by atoms with E-state index in [9.17, 15) is 4.79 Å². The maximum atomic E-state index is 12.4. The largest absolute Gasteiger partial charge is 0.443 e. The number of amides is 1. The molecule has 5 heteroatoms. The Kier molecular flexibility index (Phi) is 4.01. The monoisotopic (exact) mass is 285 g/mol. The third-order valence-corrected chi connectivity index (χ3v) is 3.73. The third kappa shape index (κ3) is 3.13. The number of hydrogen-bond donors (Lipinski definition) is 2. The van der Waals surface area contributed by atoms with Crippen molar-refractivity contribution in [3.8, 4) is 11.3 Å². The summed E-state index contributed by atoms with van der Waals surface area (Å²) >= 11 is 0. The minimum Gasteiger partial charge on any atom is -0.443 e. The minimum absolute atomic E-state index is 0.161. The number of aryl methyl sites for hydroxylation is 1. The van der Waals surface area contributed by atoms with Crippen LogP contribution in [0.5, 0.6) is 0 Å². The Labute approximate surface area is 123 Å². The number of carbonyl (C=O) groups excluding carboxylic acids is 1. The molecule has 1 aromatic carbocycles. The van der Waals surface area contributed by atoms with Crippen LogP contribution < -0.4 is 10.6 Å².